The summed E-state index contributed by atoms with van der Waals surface area (Å²) in [5.74, 6) is 2.45. The topological polar surface area (TPSA) is 87.1 Å². The monoisotopic (exact) mass is 360 g/mol. The number of hydrogen-bond acceptors (Lipinski definition) is 8. The number of nitrogens with zero attached hydrogens (tertiary/aromatic N) is 4. The standard InChI is InChI=1S/C17H20N4O3S/c1-10(13-18-15(21-24-13)17(2,3)4)25-16-20-19-14(23-16)11-6-8-12(22-5)9-7-11/h6-10H,1-5H3. The molecule has 0 radical (unpaired) electrons. The number of benzene rings is 1. The van der Waals surface area contributed by atoms with Gasteiger partial charge in [0, 0.05) is 11.0 Å². The normalized spacial score (nSPS) is 13.0. The fourth-order valence-corrected chi connectivity index (χ4v) is 2.73. The quantitative estimate of drug-likeness (QED) is 0.623. The highest BCUT2D eigenvalue weighted by atomic mass is 32.2. The van der Waals surface area contributed by atoms with Gasteiger partial charge in [0.2, 0.25) is 11.8 Å². The Balaban J connectivity index is 1.71. The molecule has 0 saturated heterocycles. The SMILES string of the molecule is COc1ccc(-c2nnc(SC(C)c3nc(C(C)(C)C)no3)o2)cc1. The Bertz CT molecular complexity index is 836. The van der Waals surface area contributed by atoms with E-state index in [2.05, 4.69) is 20.3 Å². The molecular formula is C17H20N4O3S. The van der Waals surface area contributed by atoms with Gasteiger partial charge in [-0.1, -0.05) is 37.7 Å². The Kier molecular flexibility index (Phi) is 4.80. The van der Waals surface area contributed by atoms with Crippen LogP contribution in [0.1, 0.15) is 44.7 Å². The summed E-state index contributed by atoms with van der Waals surface area (Å²) in [4.78, 5) is 4.46. The first-order valence-corrected chi connectivity index (χ1v) is 8.73. The Morgan fingerprint density at radius 3 is 2.44 bits per heavy atom. The van der Waals surface area contributed by atoms with Crippen LogP contribution in [0.3, 0.4) is 0 Å². The number of thioether (sulfide) groups is 1. The maximum absolute atomic E-state index is 5.72. The van der Waals surface area contributed by atoms with Gasteiger partial charge in [0.1, 0.15) is 5.75 Å². The second-order valence-corrected chi connectivity index (χ2v) is 7.86. The van der Waals surface area contributed by atoms with E-state index in [4.69, 9.17) is 13.7 Å². The summed E-state index contributed by atoms with van der Waals surface area (Å²) >= 11 is 1.38. The highest BCUT2D eigenvalue weighted by molar-refractivity contribution is 7.99. The van der Waals surface area contributed by atoms with Crippen LogP contribution in [-0.4, -0.2) is 27.4 Å². The molecule has 132 valence electrons. The fourth-order valence-electron chi connectivity index (χ4n) is 2.01. The summed E-state index contributed by atoms with van der Waals surface area (Å²) in [6, 6.07) is 7.44. The molecule has 1 atom stereocenters. The van der Waals surface area contributed by atoms with Gasteiger partial charge in [-0.3, -0.25) is 0 Å². The predicted octanol–water partition coefficient (Wildman–Crippen LogP) is 4.28. The molecule has 8 heteroatoms. The van der Waals surface area contributed by atoms with Crippen molar-refractivity contribution >= 4 is 11.8 Å². The third-order valence-electron chi connectivity index (χ3n) is 3.48. The molecule has 0 aliphatic carbocycles. The highest BCUT2D eigenvalue weighted by Gasteiger charge is 2.24. The summed E-state index contributed by atoms with van der Waals surface area (Å²) in [5.41, 5.74) is 0.679. The molecule has 0 aliphatic rings. The van der Waals surface area contributed by atoms with Crippen molar-refractivity contribution in [3.8, 4) is 17.2 Å². The molecule has 2 heterocycles. The number of rotatable bonds is 5. The van der Waals surface area contributed by atoms with Crippen molar-refractivity contribution in [2.24, 2.45) is 0 Å². The van der Waals surface area contributed by atoms with Crippen molar-refractivity contribution in [2.75, 3.05) is 7.11 Å². The maximum atomic E-state index is 5.72. The first kappa shape index (κ1) is 17.5. The number of aromatic nitrogens is 4. The minimum atomic E-state index is -0.155. The summed E-state index contributed by atoms with van der Waals surface area (Å²) in [6.07, 6.45) is 0. The van der Waals surface area contributed by atoms with Gasteiger partial charge < -0.3 is 13.7 Å². The second-order valence-electron chi connectivity index (χ2n) is 6.57. The zero-order chi connectivity index (χ0) is 18.0. The van der Waals surface area contributed by atoms with Crippen molar-refractivity contribution in [1.82, 2.24) is 20.3 Å². The maximum Gasteiger partial charge on any atom is 0.277 e. The van der Waals surface area contributed by atoms with E-state index < -0.39 is 0 Å². The van der Waals surface area contributed by atoms with E-state index in [9.17, 15) is 0 Å². The lowest BCUT2D eigenvalue weighted by atomic mass is 9.96. The lowest BCUT2D eigenvalue weighted by molar-refractivity contribution is 0.363. The lowest BCUT2D eigenvalue weighted by Crippen LogP contribution is -2.13. The third kappa shape index (κ3) is 4.01. The molecule has 0 fully saturated rings. The van der Waals surface area contributed by atoms with Gasteiger partial charge in [0.15, 0.2) is 5.82 Å². The summed E-state index contributed by atoms with van der Waals surface area (Å²) in [6.45, 7) is 8.08. The third-order valence-corrected chi connectivity index (χ3v) is 4.40. The molecule has 3 rings (SSSR count). The number of ether oxygens (including phenoxy) is 1. The first-order chi connectivity index (χ1) is 11.9. The highest BCUT2D eigenvalue weighted by Crippen LogP contribution is 2.35. The Morgan fingerprint density at radius 1 is 1.12 bits per heavy atom. The van der Waals surface area contributed by atoms with Crippen LogP contribution in [0.5, 0.6) is 5.75 Å². The molecule has 0 saturated carbocycles. The summed E-state index contributed by atoms with van der Waals surface area (Å²) < 4.78 is 16.2. The molecule has 0 spiro atoms. The summed E-state index contributed by atoms with van der Waals surface area (Å²) in [7, 11) is 1.63. The van der Waals surface area contributed by atoms with Crippen LogP contribution in [0.15, 0.2) is 38.4 Å². The van der Waals surface area contributed by atoms with E-state index in [0.717, 1.165) is 11.3 Å². The Morgan fingerprint density at radius 2 is 1.84 bits per heavy atom. The molecule has 0 amide bonds. The zero-order valence-corrected chi connectivity index (χ0v) is 15.6. The average molecular weight is 360 g/mol. The van der Waals surface area contributed by atoms with Gasteiger partial charge >= 0.3 is 0 Å². The molecule has 0 N–H and O–H groups in total. The molecule has 3 aromatic rings. The molecule has 7 nitrogen and oxygen atoms in total. The molecule has 0 bridgehead atoms. The Labute approximate surface area is 150 Å². The molecule has 1 unspecified atom stereocenters. The van der Waals surface area contributed by atoms with Crippen molar-refractivity contribution in [3.63, 3.8) is 0 Å². The largest absolute Gasteiger partial charge is 0.497 e. The fraction of sp³-hybridized carbons (Fsp3) is 0.412. The van der Waals surface area contributed by atoms with Crippen molar-refractivity contribution in [2.45, 2.75) is 43.6 Å². The van der Waals surface area contributed by atoms with Gasteiger partial charge in [-0.2, -0.15) is 4.98 Å². The van der Waals surface area contributed by atoms with Crippen molar-refractivity contribution < 1.29 is 13.7 Å². The zero-order valence-electron chi connectivity index (χ0n) is 14.8. The van der Waals surface area contributed by atoms with Crippen LogP contribution in [0.4, 0.5) is 0 Å². The van der Waals surface area contributed by atoms with E-state index >= 15 is 0 Å². The lowest BCUT2D eigenvalue weighted by Gasteiger charge is -2.11. The van der Waals surface area contributed by atoms with Crippen LogP contribution >= 0.6 is 11.8 Å². The van der Waals surface area contributed by atoms with Crippen LogP contribution < -0.4 is 4.74 Å². The van der Waals surface area contributed by atoms with Crippen LogP contribution in [-0.2, 0) is 5.41 Å². The smallest absolute Gasteiger partial charge is 0.277 e. The van der Waals surface area contributed by atoms with Gasteiger partial charge in [-0.15, -0.1) is 10.2 Å². The molecule has 25 heavy (non-hydrogen) atoms. The van der Waals surface area contributed by atoms with E-state index in [-0.39, 0.29) is 10.7 Å². The second kappa shape index (κ2) is 6.87. The van der Waals surface area contributed by atoms with E-state index in [0.29, 0.717) is 22.8 Å². The van der Waals surface area contributed by atoms with Crippen LogP contribution in [0, 0.1) is 0 Å². The van der Waals surface area contributed by atoms with Gasteiger partial charge in [0.05, 0.1) is 12.4 Å². The molecule has 1 aromatic carbocycles. The van der Waals surface area contributed by atoms with Crippen molar-refractivity contribution in [1.29, 1.82) is 0 Å². The molecular weight excluding hydrogens is 340 g/mol. The average Bonchev–Trinajstić information content (AvgIpc) is 3.24. The van der Waals surface area contributed by atoms with Gasteiger partial charge in [-0.25, -0.2) is 0 Å². The predicted molar refractivity (Wildman–Crippen MR) is 93.6 cm³/mol. The number of hydrogen-bond donors (Lipinski definition) is 0. The van der Waals surface area contributed by atoms with Gasteiger partial charge in [-0.05, 0) is 31.2 Å². The van der Waals surface area contributed by atoms with Crippen molar-refractivity contribution in [3.05, 3.63) is 36.0 Å². The molecule has 2 aromatic heterocycles. The van der Waals surface area contributed by atoms with E-state index in [1.54, 1.807) is 7.11 Å². The minimum absolute atomic E-state index is 0.0900. The summed E-state index contributed by atoms with van der Waals surface area (Å²) in [5, 5.41) is 12.6. The van der Waals surface area contributed by atoms with E-state index in [1.165, 1.54) is 11.8 Å². The number of methoxy groups -OCH3 is 1. The molecule has 0 aliphatic heterocycles. The van der Waals surface area contributed by atoms with Crippen LogP contribution in [0.25, 0.3) is 11.5 Å². The van der Waals surface area contributed by atoms with Crippen LogP contribution in [0.2, 0.25) is 0 Å². The Hall–Kier alpha value is -2.35. The van der Waals surface area contributed by atoms with Gasteiger partial charge in [0.25, 0.3) is 5.22 Å². The first-order valence-electron chi connectivity index (χ1n) is 7.85. The van der Waals surface area contributed by atoms with E-state index in [1.807, 2.05) is 52.0 Å². The minimum Gasteiger partial charge on any atom is -0.497 e.